The third kappa shape index (κ3) is 3.28. The van der Waals surface area contributed by atoms with Crippen LogP contribution in [0.4, 0.5) is 0 Å². The molecular weight excluding hydrogens is 338 g/mol. The Balaban J connectivity index is 1.79. The van der Waals surface area contributed by atoms with Gasteiger partial charge in [0.1, 0.15) is 7.05 Å². The van der Waals surface area contributed by atoms with Crippen LogP contribution in [0.1, 0.15) is 61.0 Å². The van der Waals surface area contributed by atoms with Gasteiger partial charge in [-0.2, -0.15) is 0 Å². The van der Waals surface area contributed by atoms with E-state index >= 15 is 0 Å². The molecule has 0 atom stereocenters. The molecule has 0 saturated heterocycles. The molecule has 4 rings (SSSR count). The van der Waals surface area contributed by atoms with Gasteiger partial charge in [0.05, 0.1) is 0 Å². The van der Waals surface area contributed by atoms with Crippen molar-refractivity contribution in [1.29, 1.82) is 0 Å². The summed E-state index contributed by atoms with van der Waals surface area (Å²) in [4.78, 5) is 0. The minimum atomic E-state index is -2.10. The first-order valence-electron chi connectivity index (χ1n) is 12.4. The number of benzene rings is 2. The zero-order chi connectivity index (χ0) is 24.5. The molecule has 1 aliphatic carbocycles. The zero-order valence-electron chi connectivity index (χ0n) is 22.7. The molecule has 1 nitrogen and oxygen atoms in total. The molecule has 0 bridgehead atoms. The van der Waals surface area contributed by atoms with Crippen LogP contribution >= 0.6 is 0 Å². The van der Waals surface area contributed by atoms with Gasteiger partial charge in [-0.1, -0.05) is 50.6 Å². The van der Waals surface area contributed by atoms with Gasteiger partial charge < -0.3 is 0 Å². The minimum absolute atomic E-state index is 0.387. The predicted octanol–water partition coefficient (Wildman–Crippen LogP) is 6.26. The van der Waals surface area contributed by atoms with E-state index in [4.69, 9.17) is 6.85 Å². The van der Waals surface area contributed by atoms with Gasteiger partial charge in [-0.15, -0.1) is 0 Å². The normalized spacial score (nSPS) is 16.4. The summed E-state index contributed by atoms with van der Waals surface area (Å²) >= 11 is 0. The fraction of sp³-hybridized carbons (Fsp3) is 0.370. The molecule has 1 heterocycles. The summed E-state index contributed by atoms with van der Waals surface area (Å²) in [6.07, 6.45) is 1.20. The van der Waals surface area contributed by atoms with E-state index in [2.05, 4.69) is 25.1 Å². The number of aromatic nitrogens is 1. The highest BCUT2D eigenvalue weighted by atomic mass is 14.9. The molecule has 0 N–H and O–H groups in total. The highest BCUT2D eigenvalue weighted by Gasteiger charge is 2.25. The van der Waals surface area contributed by atoms with Gasteiger partial charge in [0.15, 0.2) is 6.20 Å². The molecule has 1 aliphatic rings. The number of fused-ring (bicyclic) bond motifs is 3. The van der Waals surface area contributed by atoms with Gasteiger partial charge in [-0.05, 0) is 78.4 Å². The maximum Gasteiger partial charge on any atom is 0.212 e. The Morgan fingerprint density at radius 3 is 2.46 bits per heavy atom. The Hall–Kier alpha value is -2.41. The predicted molar refractivity (Wildman–Crippen MR) is 119 cm³/mol. The first kappa shape index (κ1) is 13.7. The molecule has 28 heavy (non-hydrogen) atoms. The van der Waals surface area contributed by atoms with E-state index in [1.807, 2.05) is 57.6 Å². The van der Waals surface area contributed by atoms with Crippen LogP contribution in [0.25, 0.3) is 22.4 Å². The maximum atomic E-state index is 8.72. The average molecular weight is 376 g/mol. The fourth-order valence-electron chi connectivity index (χ4n) is 4.26. The molecular formula is C27H32N+. The Morgan fingerprint density at radius 2 is 1.75 bits per heavy atom. The lowest BCUT2D eigenvalue weighted by atomic mass is 9.86. The van der Waals surface area contributed by atoms with Crippen molar-refractivity contribution < 1.29 is 11.4 Å². The number of pyridine rings is 1. The van der Waals surface area contributed by atoms with Crippen molar-refractivity contribution in [3.8, 4) is 22.4 Å². The largest absolute Gasteiger partial charge is 0.212 e. The van der Waals surface area contributed by atoms with Gasteiger partial charge in [0, 0.05) is 24.0 Å². The summed E-state index contributed by atoms with van der Waals surface area (Å²) in [5.74, 6) is 0. The smallest absolute Gasteiger partial charge is 0.201 e. The summed E-state index contributed by atoms with van der Waals surface area (Å²) in [6.45, 7) is 7.80. The third-order valence-corrected chi connectivity index (χ3v) is 5.63. The van der Waals surface area contributed by atoms with Crippen LogP contribution < -0.4 is 4.57 Å². The molecule has 0 spiro atoms. The number of nitrogens with zero attached hydrogens (tertiary/aromatic N) is 1. The fourth-order valence-corrected chi connectivity index (χ4v) is 4.26. The van der Waals surface area contributed by atoms with Crippen LogP contribution in [0.5, 0.6) is 0 Å². The second-order valence-corrected chi connectivity index (χ2v) is 9.05. The number of hydrogen-bond donors (Lipinski definition) is 0. The Morgan fingerprint density at radius 1 is 1.04 bits per heavy atom. The van der Waals surface area contributed by atoms with Gasteiger partial charge in [0.25, 0.3) is 0 Å². The second kappa shape index (κ2) is 6.58. The Bertz CT molecular complexity index is 1260. The van der Waals surface area contributed by atoms with E-state index in [1.54, 1.807) is 6.07 Å². The molecule has 0 amide bonds. The average Bonchev–Trinajstić information content (AvgIpc) is 3.07. The van der Waals surface area contributed by atoms with Crippen LogP contribution in [0, 0.1) is 26.1 Å². The highest BCUT2D eigenvalue weighted by Crippen LogP contribution is 2.41. The molecule has 1 heteroatoms. The van der Waals surface area contributed by atoms with E-state index < -0.39 is 18.6 Å². The van der Waals surface area contributed by atoms with E-state index in [0.29, 0.717) is 11.1 Å². The van der Waals surface area contributed by atoms with Crippen LogP contribution in [0.15, 0.2) is 42.6 Å². The standard InChI is InChI=1S/C27H32N/c1-17-8-9-23-20(12-17)14-25-19(3)22(10-11-24(23)25)26-13-18(2)21(16-28(26)7)15-27(4,5)6/h8-13,16H,14-15H2,1-7H3/q+1/i1D3,15D2. The van der Waals surface area contributed by atoms with Crippen molar-refractivity contribution in [2.75, 3.05) is 0 Å². The van der Waals surface area contributed by atoms with Crippen LogP contribution in [-0.2, 0) is 19.8 Å². The molecule has 1 aromatic heterocycles. The first-order chi connectivity index (χ1) is 15.1. The van der Waals surface area contributed by atoms with Crippen molar-refractivity contribution >= 4 is 0 Å². The number of aryl methyl sites for hydroxylation is 3. The highest BCUT2D eigenvalue weighted by molar-refractivity contribution is 5.82. The zero-order valence-corrected chi connectivity index (χ0v) is 17.7. The van der Waals surface area contributed by atoms with E-state index in [0.717, 1.165) is 34.4 Å². The van der Waals surface area contributed by atoms with Gasteiger partial charge in [-0.25, -0.2) is 4.57 Å². The van der Waals surface area contributed by atoms with Crippen LogP contribution in [-0.4, -0.2) is 0 Å². The van der Waals surface area contributed by atoms with Gasteiger partial charge in [0.2, 0.25) is 5.69 Å². The lowest BCUT2D eigenvalue weighted by Crippen LogP contribution is -2.32. The van der Waals surface area contributed by atoms with Crippen molar-refractivity contribution in [3.63, 3.8) is 0 Å². The molecule has 0 aliphatic heterocycles. The minimum Gasteiger partial charge on any atom is -0.201 e. The van der Waals surface area contributed by atoms with Crippen molar-refractivity contribution in [1.82, 2.24) is 0 Å². The molecule has 0 saturated carbocycles. The molecule has 0 unspecified atom stereocenters. The maximum absolute atomic E-state index is 8.72. The summed E-state index contributed by atoms with van der Waals surface area (Å²) in [5.41, 5.74) is 9.44. The summed E-state index contributed by atoms with van der Waals surface area (Å²) in [6, 6.07) is 11.8. The van der Waals surface area contributed by atoms with Crippen molar-refractivity contribution in [2.24, 2.45) is 12.5 Å². The van der Waals surface area contributed by atoms with E-state index in [1.165, 1.54) is 16.7 Å². The Labute approximate surface area is 177 Å². The molecule has 0 fully saturated rings. The van der Waals surface area contributed by atoms with Gasteiger partial charge in [-0.3, -0.25) is 0 Å². The van der Waals surface area contributed by atoms with E-state index in [-0.39, 0.29) is 0 Å². The SMILES string of the molecule is [2H]C([2H])([2H])c1ccc2c(c1)Cc1c-2ccc(-c2cc(C)c(C([2H])([2H])C(C)(C)C)c[n+]2C)c1C. The topological polar surface area (TPSA) is 3.88 Å². The molecule has 2 aromatic carbocycles. The molecule has 3 aromatic rings. The summed E-state index contributed by atoms with van der Waals surface area (Å²) < 4.78 is 42.7. The quantitative estimate of drug-likeness (QED) is 0.364. The van der Waals surface area contributed by atoms with Gasteiger partial charge >= 0.3 is 0 Å². The first-order valence-corrected chi connectivity index (χ1v) is 9.90. The van der Waals surface area contributed by atoms with Crippen LogP contribution in [0.3, 0.4) is 0 Å². The van der Waals surface area contributed by atoms with E-state index in [9.17, 15) is 0 Å². The monoisotopic (exact) mass is 375 g/mol. The second-order valence-electron chi connectivity index (χ2n) is 9.05. The van der Waals surface area contributed by atoms with Crippen molar-refractivity contribution in [2.45, 2.75) is 54.3 Å². The summed E-state index contributed by atoms with van der Waals surface area (Å²) in [5, 5.41) is 0. The van der Waals surface area contributed by atoms with Crippen LogP contribution in [0.2, 0.25) is 0 Å². The molecule has 144 valence electrons. The van der Waals surface area contributed by atoms with Crippen molar-refractivity contribution in [3.05, 3.63) is 76.0 Å². The lowest BCUT2D eigenvalue weighted by molar-refractivity contribution is -0.660. The third-order valence-electron chi connectivity index (χ3n) is 5.63. The Kier molecular flexibility index (Phi) is 3.22. The summed E-state index contributed by atoms with van der Waals surface area (Å²) in [7, 11) is 1.97. The number of rotatable bonds is 2. The number of hydrogen-bond acceptors (Lipinski definition) is 0. The molecule has 0 radical (unpaired) electrons. The lowest BCUT2D eigenvalue weighted by Gasteiger charge is -2.19.